The van der Waals surface area contributed by atoms with Crippen LogP contribution in [0.2, 0.25) is 0 Å². The number of nitrogens with zero attached hydrogens (tertiary/aromatic N) is 2. The first kappa shape index (κ1) is 30.7. The molecule has 1 atom stereocenters. The van der Waals surface area contributed by atoms with Gasteiger partial charge in [-0.25, -0.2) is 8.42 Å². The topological polar surface area (TPSA) is 96.0 Å². The third-order valence-corrected chi connectivity index (χ3v) is 8.46. The Morgan fingerprint density at radius 1 is 0.925 bits per heavy atom. The first-order valence-electron chi connectivity index (χ1n) is 13.4. The van der Waals surface area contributed by atoms with E-state index in [9.17, 15) is 18.0 Å². The lowest BCUT2D eigenvalue weighted by atomic mass is 10.1. The zero-order valence-electron chi connectivity index (χ0n) is 24.0. The van der Waals surface area contributed by atoms with Crippen molar-refractivity contribution in [1.82, 2.24) is 10.2 Å². The zero-order chi connectivity index (χ0) is 29.4. The molecule has 0 aliphatic carbocycles. The fraction of sp³-hybridized carbons (Fsp3) is 0.355. The van der Waals surface area contributed by atoms with E-state index in [2.05, 4.69) is 5.32 Å². The number of sulfonamides is 1. The number of amides is 2. The van der Waals surface area contributed by atoms with Gasteiger partial charge in [0.1, 0.15) is 18.3 Å². The Morgan fingerprint density at radius 2 is 1.55 bits per heavy atom. The van der Waals surface area contributed by atoms with Crippen molar-refractivity contribution in [2.75, 3.05) is 18.0 Å². The largest absolute Gasteiger partial charge is 0.497 e. The first-order valence-corrected chi connectivity index (χ1v) is 14.8. The van der Waals surface area contributed by atoms with E-state index in [1.54, 1.807) is 36.4 Å². The Kier molecular flexibility index (Phi) is 10.3. The molecule has 9 heteroatoms. The molecule has 3 aromatic carbocycles. The smallest absolute Gasteiger partial charge is 0.264 e. The number of nitrogens with one attached hydrogen (secondary N) is 1. The molecule has 0 bridgehead atoms. The Morgan fingerprint density at radius 3 is 2.10 bits per heavy atom. The Hall–Kier alpha value is -3.85. The molecular weight excluding hydrogens is 526 g/mol. The van der Waals surface area contributed by atoms with Crippen LogP contribution in [0.15, 0.2) is 77.7 Å². The number of benzene rings is 3. The van der Waals surface area contributed by atoms with Crippen molar-refractivity contribution in [1.29, 1.82) is 0 Å². The maximum atomic E-state index is 14.1. The molecule has 214 valence electrons. The molecule has 2 amide bonds. The van der Waals surface area contributed by atoms with Crippen molar-refractivity contribution in [2.24, 2.45) is 0 Å². The van der Waals surface area contributed by atoms with Crippen molar-refractivity contribution in [3.05, 3.63) is 89.5 Å². The van der Waals surface area contributed by atoms with Crippen molar-refractivity contribution < 1.29 is 22.7 Å². The van der Waals surface area contributed by atoms with Gasteiger partial charge in [-0.2, -0.15) is 0 Å². The van der Waals surface area contributed by atoms with Crippen LogP contribution in [0.1, 0.15) is 43.9 Å². The molecule has 3 aromatic rings. The second-order valence-corrected chi connectivity index (χ2v) is 11.9. The van der Waals surface area contributed by atoms with E-state index in [1.807, 2.05) is 58.9 Å². The van der Waals surface area contributed by atoms with Gasteiger partial charge in [-0.15, -0.1) is 0 Å². The molecule has 0 radical (unpaired) electrons. The maximum absolute atomic E-state index is 14.1. The van der Waals surface area contributed by atoms with Gasteiger partial charge in [-0.3, -0.25) is 13.9 Å². The quantitative estimate of drug-likeness (QED) is 0.339. The van der Waals surface area contributed by atoms with Gasteiger partial charge in [0.15, 0.2) is 0 Å². The van der Waals surface area contributed by atoms with Gasteiger partial charge in [-0.05, 0) is 81.6 Å². The first-order chi connectivity index (χ1) is 19.0. The standard InChI is InChI=1S/C31H39N3O5S/c1-7-29(31(36)32-22(2)3)33(20-25-11-9-8-10-24(25)5)30(35)21-34(26-14-16-27(39-6)17-15-26)40(37,38)28-18-12-23(4)13-19-28/h8-19,22,29H,7,20-21H2,1-6H3,(H,32,36)/t29-/m1/s1. The van der Waals surface area contributed by atoms with Crippen LogP contribution in [0.3, 0.4) is 0 Å². The van der Waals surface area contributed by atoms with Gasteiger partial charge in [0.2, 0.25) is 11.8 Å². The molecule has 0 aliphatic rings. The van der Waals surface area contributed by atoms with Crippen LogP contribution in [0.5, 0.6) is 5.75 Å². The van der Waals surface area contributed by atoms with Crippen LogP contribution in [-0.2, 0) is 26.2 Å². The number of aryl methyl sites for hydroxylation is 2. The highest BCUT2D eigenvalue weighted by atomic mass is 32.2. The van der Waals surface area contributed by atoms with Gasteiger partial charge >= 0.3 is 0 Å². The fourth-order valence-corrected chi connectivity index (χ4v) is 5.80. The fourth-order valence-electron chi connectivity index (χ4n) is 4.39. The number of carbonyl (C=O) groups excluding carboxylic acids is 2. The van der Waals surface area contributed by atoms with Gasteiger partial charge in [0, 0.05) is 12.6 Å². The summed E-state index contributed by atoms with van der Waals surface area (Å²) >= 11 is 0. The van der Waals surface area contributed by atoms with E-state index in [0.717, 1.165) is 21.0 Å². The number of anilines is 1. The minimum atomic E-state index is -4.13. The van der Waals surface area contributed by atoms with Gasteiger partial charge in [0.05, 0.1) is 17.7 Å². The van der Waals surface area contributed by atoms with Crippen molar-refractivity contribution in [2.45, 2.75) is 64.6 Å². The predicted octanol–water partition coefficient (Wildman–Crippen LogP) is 4.84. The lowest BCUT2D eigenvalue weighted by Crippen LogP contribution is -2.53. The molecule has 0 saturated carbocycles. The molecule has 0 saturated heterocycles. The molecule has 0 spiro atoms. The molecule has 40 heavy (non-hydrogen) atoms. The maximum Gasteiger partial charge on any atom is 0.264 e. The van der Waals surface area contributed by atoms with Crippen molar-refractivity contribution in [3.63, 3.8) is 0 Å². The van der Waals surface area contributed by atoms with Crippen LogP contribution in [0.4, 0.5) is 5.69 Å². The highest BCUT2D eigenvalue weighted by molar-refractivity contribution is 7.92. The van der Waals surface area contributed by atoms with Gasteiger partial charge in [-0.1, -0.05) is 48.9 Å². The van der Waals surface area contributed by atoms with Crippen LogP contribution < -0.4 is 14.4 Å². The number of ether oxygens (including phenoxy) is 1. The summed E-state index contributed by atoms with van der Waals surface area (Å²) in [6.07, 6.45) is 0.365. The lowest BCUT2D eigenvalue weighted by molar-refractivity contribution is -0.140. The minimum absolute atomic E-state index is 0.0664. The third-order valence-electron chi connectivity index (χ3n) is 6.67. The SMILES string of the molecule is CC[C@H](C(=O)NC(C)C)N(Cc1ccccc1C)C(=O)CN(c1ccc(OC)cc1)S(=O)(=O)c1ccc(C)cc1. The molecular formula is C31H39N3O5S. The molecule has 0 unspecified atom stereocenters. The second-order valence-electron chi connectivity index (χ2n) is 10.1. The number of hydrogen-bond acceptors (Lipinski definition) is 5. The second kappa shape index (κ2) is 13.5. The summed E-state index contributed by atoms with van der Waals surface area (Å²) in [5.41, 5.74) is 3.07. The van der Waals surface area contributed by atoms with Crippen LogP contribution in [-0.4, -0.2) is 50.9 Å². The summed E-state index contributed by atoms with van der Waals surface area (Å²) < 4.78 is 34.2. The van der Waals surface area contributed by atoms with Gasteiger partial charge in [0.25, 0.3) is 10.0 Å². The third kappa shape index (κ3) is 7.41. The average molecular weight is 566 g/mol. The van der Waals surface area contributed by atoms with Crippen molar-refractivity contribution in [3.8, 4) is 5.75 Å². The van der Waals surface area contributed by atoms with Crippen molar-refractivity contribution >= 4 is 27.5 Å². The minimum Gasteiger partial charge on any atom is -0.497 e. The Bertz CT molecular complexity index is 1400. The molecule has 1 N–H and O–H groups in total. The summed E-state index contributed by atoms with van der Waals surface area (Å²) in [7, 11) is -2.60. The summed E-state index contributed by atoms with van der Waals surface area (Å²) in [6, 6.07) is 19.7. The molecule has 0 aromatic heterocycles. The molecule has 0 fully saturated rings. The monoisotopic (exact) mass is 565 g/mol. The van der Waals surface area contributed by atoms with Crippen LogP contribution >= 0.6 is 0 Å². The Balaban J connectivity index is 2.08. The normalized spacial score (nSPS) is 12.1. The summed E-state index contributed by atoms with van der Waals surface area (Å²) in [4.78, 5) is 28.9. The Labute approximate surface area is 238 Å². The van der Waals surface area contributed by atoms with Crippen LogP contribution in [0, 0.1) is 13.8 Å². The molecule has 3 rings (SSSR count). The molecule has 0 aliphatic heterocycles. The lowest BCUT2D eigenvalue weighted by Gasteiger charge is -2.34. The highest BCUT2D eigenvalue weighted by Gasteiger charge is 2.34. The summed E-state index contributed by atoms with van der Waals surface area (Å²) in [6.45, 7) is 9.05. The van der Waals surface area contributed by atoms with Crippen LogP contribution in [0.25, 0.3) is 0 Å². The van der Waals surface area contributed by atoms with E-state index in [1.165, 1.54) is 24.1 Å². The predicted molar refractivity (Wildman–Crippen MR) is 158 cm³/mol. The number of hydrogen-bond donors (Lipinski definition) is 1. The number of carbonyl (C=O) groups is 2. The van der Waals surface area contributed by atoms with Gasteiger partial charge < -0.3 is 15.0 Å². The van der Waals surface area contributed by atoms with E-state index < -0.39 is 28.5 Å². The number of methoxy groups -OCH3 is 1. The molecule has 8 nitrogen and oxygen atoms in total. The zero-order valence-corrected chi connectivity index (χ0v) is 24.9. The van der Waals surface area contributed by atoms with E-state index in [4.69, 9.17) is 4.74 Å². The van der Waals surface area contributed by atoms with E-state index in [0.29, 0.717) is 17.9 Å². The highest BCUT2D eigenvalue weighted by Crippen LogP contribution is 2.27. The molecule has 0 heterocycles. The van der Waals surface area contributed by atoms with E-state index in [-0.39, 0.29) is 23.4 Å². The summed E-state index contributed by atoms with van der Waals surface area (Å²) in [5, 5.41) is 2.91. The number of rotatable bonds is 12. The van der Waals surface area contributed by atoms with E-state index >= 15 is 0 Å². The summed E-state index contributed by atoms with van der Waals surface area (Å²) in [5.74, 6) is -0.210. The average Bonchev–Trinajstić information content (AvgIpc) is 2.92.